The molecule has 0 radical (unpaired) electrons. The molecule has 22 heavy (non-hydrogen) atoms. The van der Waals surface area contributed by atoms with Crippen molar-refractivity contribution < 1.29 is 9.59 Å². The molecule has 0 bridgehead atoms. The third-order valence-corrected chi connectivity index (χ3v) is 3.34. The summed E-state index contributed by atoms with van der Waals surface area (Å²) in [7, 11) is 3.96. The van der Waals surface area contributed by atoms with E-state index >= 15 is 0 Å². The highest BCUT2D eigenvalue weighted by molar-refractivity contribution is 6.35. The molecular formula is C17H27N3O2. The molecule has 0 aliphatic rings. The molecule has 0 heterocycles. The molecule has 122 valence electrons. The van der Waals surface area contributed by atoms with Crippen LogP contribution in [0.4, 0.5) is 0 Å². The topological polar surface area (TPSA) is 52.7 Å². The Kier molecular flexibility index (Phi) is 7.60. The summed E-state index contributed by atoms with van der Waals surface area (Å²) in [6.07, 6.45) is 0.826. The molecule has 0 spiro atoms. The number of hydrogen-bond donors (Lipinski definition) is 1. The minimum atomic E-state index is -0.525. The minimum absolute atomic E-state index is 0.0276. The molecule has 0 unspecified atom stereocenters. The maximum Gasteiger partial charge on any atom is 0.312 e. The van der Waals surface area contributed by atoms with Gasteiger partial charge in [-0.05, 0) is 46.5 Å². The molecule has 0 saturated carbocycles. The lowest BCUT2D eigenvalue weighted by molar-refractivity contribution is -0.147. The Hall–Kier alpha value is -1.88. The van der Waals surface area contributed by atoms with Crippen LogP contribution in [-0.4, -0.2) is 54.8 Å². The zero-order valence-corrected chi connectivity index (χ0v) is 14.0. The molecule has 0 fully saturated rings. The molecule has 0 saturated heterocycles. The summed E-state index contributed by atoms with van der Waals surface area (Å²) >= 11 is 0. The van der Waals surface area contributed by atoms with E-state index in [0.29, 0.717) is 13.1 Å². The third-order valence-electron chi connectivity index (χ3n) is 3.34. The molecule has 2 amide bonds. The predicted molar refractivity (Wildman–Crippen MR) is 88.3 cm³/mol. The van der Waals surface area contributed by atoms with Gasteiger partial charge in [0.1, 0.15) is 0 Å². The molecule has 1 N–H and O–H groups in total. The number of carbonyl (C=O) groups is 2. The van der Waals surface area contributed by atoms with E-state index in [1.807, 2.05) is 63.2 Å². The zero-order chi connectivity index (χ0) is 16.5. The number of carbonyl (C=O) groups excluding carboxylic acids is 2. The highest BCUT2D eigenvalue weighted by Crippen LogP contribution is 2.08. The van der Waals surface area contributed by atoms with Gasteiger partial charge >= 0.3 is 11.8 Å². The first-order valence-corrected chi connectivity index (χ1v) is 7.69. The Bertz CT molecular complexity index is 472. The molecule has 1 rings (SSSR count). The smallest absolute Gasteiger partial charge is 0.312 e. The average molecular weight is 305 g/mol. The van der Waals surface area contributed by atoms with Crippen LogP contribution in [0, 0.1) is 0 Å². The molecule has 0 aliphatic carbocycles. The van der Waals surface area contributed by atoms with Gasteiger partial charge in [-0.25, -0.2) is 0 Å². The van der Waals surface area contributed by atoms with Crippen molar-refractivity contribution in [3.05, 3.63) is 35.9 Å². The van der Waals surface area contributed by atoms with Crippen LogP contribution < -0.4 is 5.32 Å². The van der Waals surface area contributed by atoms with Crippen molar-refractivity contribution in [1.82, 2.24) is 15.1 Å². The monoisotopic (exact) mass is 305 g/mol. The second kappa shape index (κ2) is 9.20. The summed E-state index contributed by atoms with van der Waals surface area (Å²) in [5.74, 6) is -0.993. The molecule has 0 aliphatic heterocycles. The predicted octanol–water partition coefficient (Wildman–Crippen LogP) is 1.49. The van der Waals surface area contributed by atoms with Gasteiger partial charge in [0, 0.05) is 19.1 Å². The van der Waals surface area contributed by atoms with Gasteiger partial charge in [0.25, 0.3) is 0 Å². The van der Waals surface area contributed by atoms with E-state index in [0.717, 1.165) is 18.5 Å². The fraction of sp³-hybridized carbons (Fsp3) is 0.529. The van der Waals surface area contributed by atoms with Crippen molar-refractivity contribution in [1.29, 1.82) is 0 Å². The lowest BCUT2D eigenvalue weighted by Crippen LogP contribution is -2.46. The van der Waals surface area contributed by atoms with Gasteiger partial charge in [0.2, 0.25) is 0 Å². The molecule has 0 atom stereocenters. The van der Waals surface area contributed by atoms with Gasteiger partial charge < -0.3 is 15.1 Å². The third kappa shape index (κ3) is 6.26. The van der Waals surface area contributed by atoms with Crippen molar-refractivity contribution in [2.24, 2.45) is 0 Å². The highest BCUT2D eigenvalue weighted by atomic mass is 16.2. The largest absolute Gasteiger partial charge is 0.348 e. The van der Waals surface area contributed by atoms with Crippen LogP contribution in [0.1, 0.15) is 25.8 Å². The summed E-state index contributed by atoms with van der Waals surface area (Å²) in [5, 5.41) is 2.70. The second-order valence-electron chi connectivity index (χ2n) is 5.93. The Labute approximate surface area is 133 Å². The van der Waals surface area contributed by atoms with E-state index in [2.05, 4.69) is 5.32 Å². The SMILES string of the molecule is CC(C)N(Cc1ccccc1)C(=O)C(=O)NCCCN(C)C. The second-order valence-corrected chi connectivity index (χ2v) is 5.93. The fourth-order valence-corrected chi connectivity index (χ4v) is 2.07. The summed E-state index contributed by atoms with van der Waals surface area (Å²) in [4.78, 5) is 28.0. The van der Waals surface area contributed by atoms with Crippen LogP contribution in [0.25, 0.3) is 0 Å². The Morgan fingerprint density at radius 1 is 1.14 bits per heavy atom. The number of nitrogens with zero attached hydrogens (tertiary/aromatic N) is 2. The van der Waals surface area contributed by atoms with Crippen molar-refractivity contribution >= 4 is 11.8 Å². The summed E-state index contributed by atoms with van der Waals surface area (Å²) < 4.78 is 0. The number of amides is 2. The summed E-state index contributed by atoms with van der Waals surface area (Å²) in [6.45, 7) is 5.68. The molecule has 1 aromatic rings. The molecular weight excluding hydrogens is 278 g/mol. The van der Waals surface area contributed by atoms with E-state index < -0.39 is 11.8 Å². The first kappa shape index (κ1) is 18.2. The lowest BCUT2D eigenvalue weighted by Gasteiger charge is -2.26. The van der Waals surface area contributed by atoms with E-state index in [-0.39, 0.29) is 6.04 Å². The standard InChI is InChI=1S/C17H27N3O2/c1-14(2)20(13-15-9-6-5-7-10-15)17(22)16(21)18-11-8-12-19(3)4/h5-7,9-10,14H,8,11-13H2,1-4H3,(H,18,21). The first-order valence-electron chi connectivity index (χ1n) is 7.69. The maximum absolute atomic E-state index is 12.3. The Balaban J connectivity index is 2.55. The molecule has 5 nitrogen and oxygen atoms in total. The van der Waals surface area contributed by atoms with Gasteiger partial charge in [0.05, 0.1) is 0 Å². The van der Waals surface area contributed by atoms with E-state index in [1.165, 1.54) is 0 Å². The van der Waals surface area contributed by atoms with E-state index in [1.54, 1.807) is 4.90 Å². The van der Waals surface area contributed by atoms with Crippen molar-refractivity contribution in [3.63, 3.8) is 0 Å². The van der Waals surface area contributed by atoms with Crippen molar-refractivity contribution in [3.8, 4) is 0 Å². The van der Waals surface area contributed by atoms with E-state index in [9.17, 15) is 9.59 Å². The van der Waals surface area contributed by atoms with Gasteiger partial charge in [-0.3, -0.25) is 9.59 Å². The summed E-state index contributed by atoms with van der Waals surface area (Å²) in [6, 6.07) is 9.68. The van der Waals surface area contributed by atoms with Gasteiger partial charge in [-0.1, -0.05) is 30.3 Å². The minimum Gasteiger partial charge on any atom is -0.348 e. The van der Waals surface area contributed by atoms with Crippen LogP contribution in [-0.2, 0) is 16.1 Å². The maximum atomic E-state index is 12.3. The highest BCUT2D eigenvalue weighted by Gasteiger charge is 2.23. The molecule has 5 heteroatoms. The number of nitrogens with one attached hydrogen (secondary N) is 1. The van der Waals surface area contributed by atoms with Crippen molar-refractivity contribution in [2.45, 2.75) is 32.9 Å². The fourth-order valence-electron chi connectivity index (χ4n) is 2.07. The van der Waals surface area contributed by atoms with E-state index in [4.69, 9.17) is 0 Å². The Morgan fingerprint density at radius 2 is 1.77 bits per heavy atom. The van der Waals surface area contributed by atoms with Gasteiger partial charge in [0.15, 0.2) is 0 Å². The number of benzene rings is 1. The first-order chi connectivity index (χ1) is 10.4. The summed E-state index contributed by atoms with van der Waals surface area (Å²) in [5.41, 5.74) is 1.02. The van der Waals surface area contributed by atoms with Crippen LogP contribution >= 0.6 is 0 Å². The zero-order valence-electron chi connectivity index (χ0n) is 14.0. The molecule has 1 aromatic carbocycles. The number of hydrogen-bond acceptors (Lipinski definition) is 3. The normalized spacial score (nSPS) is 10.8. The van der Waals surface area contributed by atoms with Crippen LogP contribution in [0.15, 0.2) is 30.3 Å². The Morgan fingerprint density at radius 3 is 2.32 bits per heavy atom. The quantitative estimate of drug-likeness (QED) is 0.613. The average Bonchev–Trinajstić information content (AvgIpc) is 2.48. The van der Waals surface area contributed by atoms with Gasteiger partial charge in [-0.15, -0.1) is 0 Å². The van der Waals surface area contributed by atoms with Crippen LogP contribution in [0.5, 0.6) is 0 Å². The number of rotatable bonds is 7. The molecule has 0 aromatic heterocycles. The van der Waals surface area contributed by atoms with Crippen molar-refractivity contribution in [2.75, 3.05) is 27.2 Å². The lowest BCUT2D eigenvalue weighted by atomic mass is 10.2. The van der Waals surface area contributed by atoms with Crippen LogP contribution in [0.2, 0.25) is 0 Å². The van der Waals surface area contributed by atoms with Gasteiger partial charge in [-0.2, -0.15) is 0 Å². The van der Waals surface area contributed by atoms with Crippen LogP contribution in [0.3, 0.4) is 0 Å².